The molecule has 1 aliphatic rings. The molecule has 0 aromatic rings. The predicted molar refractivity (Wildman–Crippen MR) is 79.2 cm³/mol. The number of nitrogens with zero attached hydrogens (tertiary/aromatic N) is 3. The Morgan fingerprint density at radius 3 is 2.38 bits per heavy atom. The van der Waals surface area contributed by atoms with Gasteiger partial charge in [-0.3, -0.25) is 9.69 Å². The van der Waals surface area contributed by atoms with Crippen LogP contribution in [-0.4, -0.2) is 88.3 Å². The molecular weight excluding hydrogens is 274 g/mol. The number of hydrogen-bond acceptors (Lipinski definition) is 4. The van der Waals surface area contributed by atoms with Gasteiger partial charge in [-0.15, -0.1) is 0 Å². The van der Waals surface area contributed by atoms with Gasteiger partial charge in [0.2, 0.25) is 0 Å². The number of rotatable bonds is 5. The molecule has 0 bridgehead atoms. The van der Waals surface area contributed by atoms with E-state index in [1.807, 2.05) is 11.8 Å². The number of carbonyl (C=O) groups excluding carboxylic acids is 1. The molecule has 0 saturated carbocycles. The fourth-order valence-corrected chi connectivity index (χ4v) is 2.49. The Morgan fingerprint density at radius 2 is 1.86 bits per heavy atom. The summed E-state index contributed by atoms with van der Waals surface area (Å²) in [6, 6.07) is -0.0863. The van der Waals surface area contributed by atoms with Crippen molar-refractivity contribution in [3.63, 3.8) is 0 Å². The van der Waals surface area contributed by atoms with E-state index in [-0.39, 0.29) is 19.1 Å². The highest BCUT2D eigenvalue weighted by Crippen LogP contribution is 2.10. The summed E-state index contributed by atoms with van der Waals surface area (Å²) in [6.07, 6.45) is 0.763. The number of amides is 2. The molecule has 122 valence electrons. The Bertz CT molecular complexity index is 368. The zero-order valence-corrected chi connectivity index (χ0v) is 13.2. The molecule has 21 heavy (non-hydrogen) atoms. The van der Waals surface area contributed by atoms with Gasteiger partial charge in [0.05, 0.1) is 18.7 Å². The zero-order valence-electron chi connectivity index (χ0n) is 13.2. The SMILES string of the molecule is CCN(CC(C)(C)O)C(=O)N1CCCN(CC(=O)O)CC1. The standard InChI is InChI=1S/C14H27N3O4/c1-4-16(11-14(2,3)21)13(20)17-7-5-6-15(8-9-17)10-12(18)19/h21H,4-11H2,1-3H3,(H,18,19). The van der Waals surface area contributed by atoms with Crippen molar-refractivity contribution >= 4 is 12.0 Å². The number of carboxylic acids is 1. The van der Waals surface area contributed by atoms with E-state index in [9.17, 15) is 14.7 Å². The zero-order chi connectivity index (χ0) is 16.0. The van der Waals surface area contributed by atoms with Gasteiger partial charge in [0.25, 0.3) is 0 Å². The van der Waals surface area contributed by atoms with Crippen molar-refractivity contribution in [3.05, 3.63) is 0 Å². The molecule has 7 heteroatoms. The first kappa shape index (κ1) is 17.7. The maximum Gasteiger partial charge on any atom is 0.320 e. The third kappa shape index (κ3) is 6.31. The summed E-state index contributed by atoms with van der Waals surface area (Å²) >= 11 is 0. The molecule has 0 spiro atoms. The van der Waals surface area contributed by atoms with Crippen LogP contribution in [0.15, 0.2) is 0 Å². The number of carbonyl (C=O) groups is 2. The molecule has 7 nitrogen and oxygen atoms in total. The number of hydrogen-bond donors (Lipinski definition) is 2. The van der Waals surface area contributed by atoms with Crippen LogP contribution >= 0.6 is 0 Å². The van der Waals surface area contributed by atoms with E-state index in [2.05, 4.69) is 0 Å². The highest BCUT2D eigenvalue weighted by atomic mass is 16.4. The quantitative estimate of drug-likeness (QED) is 0.762. The van der Waals surface area contributed by atoms with E-state index >= 15 is 0 Å². The first-order valence-corrected chi connectivity index (χ1v) is 7.43. The molecular formula is C14H27N3O4. The minimum Gasteiger partial charge on any atom is -0.480 e. The van der Waals surface area contributed by atoms with Crippen molar-refractivity contribution in [2.75, 3.05) is 45.8 Å². The Labute approximate surface area is 126 Å². The summed E-state index contributed by atoms with van der Waals surface area (Å²) in [5, 5.41) is 18.7. The Hall–Kier alpha value is -1.34. The maximum atomic E-state index is 12.5. The molecule has 2 amide bonds. The molecule has 0 radical (unpaired) electrons. The molecule has 0 aliphatic carbocycles. The first-order valence-electron chi connectivity index (χ1n) is 7.43. The highest BCUT2D eigenvalue weighted by Gasteiger charge is 2.27. The van der Waals surface area contributed by atoms with Crippen molar-refractivity contribution in [2.24, 2.45) is 0 Å². The lowest BCUT2D eigenvalue weighted by Gasteiger charge is -2.33. The molecule has 0 atom stereocenters. The van der Waals surface area contributed by atoms with Gasteiger partial charge in [0.15, 0.2) is 0 Å². The predicted octanol–water partition coefficient (Wildman–Crippen LogP) is 0.292. The monoisotopic (exact) mass is 301 g/mol. The van der Waals surface area contributed by atoms with Crippen molar-refractivity contribution in [3.8, 4) is 0 Å². The van der Waals surface area contributed by atoms with Crippen LogP contribution < -0.4 is 0 Å². The molecule has 0 aromatic heterocycles. The van der Waals surface area contributed by atoms with Crippen LogP contribution in [0.2, 0.25) is 0 Å². The molecule has 0 aromatic carbocycles. The van der Waals surface area contributed by atoms with Gasteiger partial charge in [-0.1, -0.05) is 0 Å². The Kier molecular flexibility index (Phi) is 6.42. The molecule has 1 aliphatic heterocycles. The van der Waals surface area contributed by atoms with Crippen LogP contribution in [0.5, 0.6) is 0 Å². The number of urea groups is 1. The average Bonchev–Trinajstić information content (AvgIpc) is 2.59. The van der Waals surface area contributed by atoms with Crippen LogP contribution in [-0.2, 0) is 4.79 Å². The van der Waals surface area contributed by atoms with Crippen molar-refractivity contribution < 1.29 is 19.8 Å². The smallest absolute Gasteiger partial charge is 0.320 e. The molecule has 0 unspecified atom stereocenters. The van der Waals surface area contributed by atoms with E-state index < -0.39 is 11.6 Å². The van der Waals surface area contributed by atoms with Gasteiger partial charge in [-0.25, -0.2) is 4.79 Å². The van der Waals surface area contributed by atoms with Crippen LogP contribution in [0.3, 0.4) is 0 Å². The van der Waals surface area contributed by atoms with Crippen LogP contribution in [0, 0.1) is 0 Å². The third-order valence-electron chi connectivity index (χ3n) is 3.45. The molecule has 1 fully saturated rings. The lowest BCUT2D eigenvalue weighted by molar-refractivity contribution is -0.138. The van der Waals surface area contributed by atoms with Crippen molar-refractivity contribution in [1.29, 1.82) is 0 Å². The van der Waals surface area contributed by atoms with E-state index in [0.29, 0.717) is 32.7 Å². The fraction of sp³-hybridized carbons (Fsp3) is 0.857. The topological polar surface area (TPSA) is 84.3 Å². The van der Waals surface area contributed by atoms with Gasteiger partial charge in [-0.05, 0) is 27.2 Å². The lowest BCUT2D eigenvalue weighted by atomic mass is 10.1. The minimum absolute atomic E-state index is 0.0171. The van der Waals surface area contributed by atoms with Gasteiger partial charge < -0.3 is 20.0 Å². The van der Waals surface area contributed by atoms with E-state index in [1.54, 1.807) is 23.6 Å². The third-order valence-corrected chi connectivity index (χ3v) is 3.45. The Morgan fingerprint density at radius 1 is 1.19 bits per heavy atom. The van der Waals surface area contributed by atoms with E-state index in [4.69, 9.17) is 5.11 Å². The molecule has 2 N–H and O–H groups in total. The average molecular weight is 301 g/mol. The Balaban J connectivity index is 2.59. The van der Waals surface area contributed by atoms with Gasteiger partial charge >= 0.3 is 12.0 Å². The second-order valence-electron chi connectivity index (χ2n) is 6.12. The minimum atomic E-state index is -0.924. The largest absolute Gasteiger partial charge is 0.480 e. The van der Waals surface area contributed by atoms with Crippen molar-refractivity contribution in [1.82, 2.24) is 14.7 Å². The summed E-state index contributed by atoms with van der Waals surface area (Å²) in [7, 11) is 0. The van der Waals surface area contributed by atoms with Gasteiger partial charge in [-0.2, -0.15) is 0 Å². The second kappa shape index (κ2) is 7.61. The number of carboxylic acid groups (broad SMARTS) is 1. The van der Waals surface area contributed by atoms with Gasteiger partial charge in [0.1, 0.15) is 0 Å². The summed E-state index contributed by atoms with van der Waals surface area (Å²) in [6.45, 7) is 8.49. The summed E-state index contributed by atoms with van der Waals surface area (Å²) in [4.78, 5) is 28.5. The summed E-state index contributed by atoms with van der Waals surface area (Å²) in [5.74, 6) is -0.841. The van der Waals surface area contributed by atoms with E-state index in [1.165, 1.54) is 0 Å². The number of aliphatic carboxylic acids is 1. The summed E-state index contributed by atoms with van der Waals surface area (Å²) in [5.41, 5.74) is -0.924. The normalized spacial score (nSPS) is 17.4. The number of likely N-dealkylation sites (N-methyl/N-ethyl adjacent to an activating group) is 1. The van der Waals surface area contributed by atoms with Crippen LogP contribution in [0.1, 0.15) is 27.2 Å². The molecule has 1 saturated heterocycles. The van der Waals surface area contributed by atoms with Crippen molar-refractivity contribution in [2.45, 2.75) is 32.8 Å². The maximum absolute atomic E-state index is 12.5. The fourth-order valence-electron chi connectivity index (χ4n) is 2.49. The summed E-state index contributed by atoms with van der Waals surface area (Å²) < 4.78 is 0. The highest BCUT2D eigenvalue weighted by molar-refractivity contribution is 5.74. The van der Waals surface area contributed by atoms with Gasteiger partial charge in [0, 0.05) is 32.7 Å². The second-order valence-corrected chi connectivity index (χ2v) is 6.12. The lowest BCUT2D eigenvalue weighted by Crippen LogP contribution is -2.49. The molecule has 1 heterocycles. The number of aliphatic hydroxyl groups is 1. The van der Waals surface area contributed by atoms with E-state index in [0.717, 1.165) is 6.42 Å². The van der Waals surface area contributed by atoms with Crippen LogP contribution in [0.4, 0.5) is 4.79 Å². The molecule has 1 rings (SSSR count). The first-order chi connectivity index (χ1) is 9.73. The van der Waals surface area contributed by atoms with Crippen LogP contribution in [0.25, 0.3) is 0 Å².